The zero-order chi connectivity index (χ0) is 13.2. The third-order valence-electron chi connectivity index (χ3n) is 2.80. The normalized spacial score (nSPS) is 10.6. The SMILES string of the molecule is Nc1n[nH]c(-c2ccnnc2)c1-c1ccc(Br)cc1. The molecule has 94 valence electrons. The van der Waals surface area contributed by atoms with Crippen LogP contribution in [0.1, 0.15) is 0 Å². The lowest BCUT2D eigenvalue weighted by Crippen LogP contribution is -1.89. The second-order valence-electron chi connectivity index (χ2n) is 4.00. The van der Waals surface area contributed by atoms with Gasteiger partial charge in [0.25, 0.3) is 0 Å². The highest BCUT2D eigenvalue weighted by molar-refractivity contribution is 9.10. The van der Waals surface area contributed by atoms with E-state index in [0.29, 0.717) is 5.82 Å². The summed E-state index contributed by atoms with van der Waals surface area (Å²) in [4.78, 5) is 0. The molecule has 0 aliphatic heterocycles. The highest BCUT2D eigenvalue weighted by Gasteiger charge is 2.14. The van der Waals surface area contributed by atoms with Gasteiger partial charge in [-0.05, 0) is 23.8 Å². The van der Waals surface area contributed by atoms with Gasteiger partial charge in [-0.1, -0.05) is 28.1 Å². The summed E-state index contributed by atoms with van der Waals surface area (Å²) in [6.45, 7) is 0. The van der Waals surface area contributed by atoms with Crippen LogP contribution in [-0.2, 0) is 0 Å². The van der Waals surface area contributed by atoms with Gasteiger partial charge < -0.3 is 5.73 Å². The van der Waals surface area contributed by atoms with Crippen LogP contribution in [0.15, 0.2) is 47.2 Å². The Morgan fingerprint density at radius 3 is 2.47 bits per heavy atom. The molecule has 0 saturated heterocycles. The predicted octanol–water partition coefficient (Wildman–Crippen LogP) is 2.88. The van der Waals surface area contributed by atoms with Gasteiger partial charge in [0.05, 0.1) is 23.7 Å². The standard InChI is InChI=1S/C13H10BrN5/c14-10-3-1-8(2-4-10)11-12(18-19-13(11)15)9-5-6-16-17-7-9/h1-7H,(H3,15,18,19). The summed E-state index contributed by atoms with van der Waals surface area (Å²) in [5, 5.41) is 14.7. The van der Waals surface area contributed by atoms with Crippen molar-refractivity contribution < 1.29 is 0 Å². The van der Waals surface area contributed by atoms with Crippen LogP contribution in [-0.4, -0.2) is 20.4 Å². The third-order valence-corrected chi connectivity index (χ3v) is 3.33. The van der Waals surface area contributed by atoms with Crippen molar-refractivity contribution in [2.24, 2.45) is 0 Å². The summed E-state index contributed by atoms with van der Waals surface area (Å²) in [5.41, 5.74) is 9.58. The van der Waals surface area contributed by atoms with Crippen LogP contribution in [0.2, 0.25) is 0 Å². The molecule has 0 atom stereocenters. The van der Waals surface area contributed by atoms with Crippen molar-refractivity contribution in [2.75, 3.05) is 5.73 Å². The Bertz CT molecular complexity index is 691. The van der Waals surface area contributed by atoms with Crippen LogP contribution in [0.25, 0.3) is 22.4 Å². The molecule has 1 aromatic carbocycles. The lowest BCUT2D eigenvalue weighted by atomic mass is 10.0. The number of hydrogen-bond acceptors (Lipinski definition) is 4. The van der Waals surface area contributed by atoms with Crippen molar-refractivity contribution >= 4 is 21.7 Å². The maximum atomic E-state index is 5.96. The molecule has 0 aliphatic rings. The number of nitrogen functional groups attached to an aromatic ring is 1. The van der Waals surface area contributed by atoms with Crippen LogP contribution in [0.5, 0.6) is 0 Å². The van der Waals surface area contributed by atoms with Crippen molar-refractivity contribution in [1.82, 2.24) is 20.4 Å². The topological polar surface area (TPSA) is 80.5 Å². The molecule has 0 unspecified atom stereocenters. The number of rotatable bonds is 2. The molecule has 19 heavy (non-hydrogen) atoms. The first-order valence-electron chi connectivity index (χ1n) is 5.62. The molecule has 0 bridgehead atoms. The van der Waals surface area contributed by atoms with E-state index in [-0.39, 0.29) is 0 Å². The molecule has 0 radical (unpaired) electrons. The zero-order valence-electron chi connectivity index (χ0n) is 9.84. The summed E-state index contributed by atoms with van der Waals surface area (Å²) in [6, 6.07) is 9.78. The Hall–Kier alpha value is -2.21. The second kappa shape index (κ2) is 4.81. The molecular formula is C13H10BrN5. The minimum Gasteiger partial charge on any atom is -0.382 e. The van der Waals surface area contributed by atoms with E-state index in [1.807, 2.05) is 30.3 Å². The first-order chi connectivity index (χ1) is 9.25. The molecule has 5 nitrogen and oxygen atoms in total. The number of nitrogens with zero attached hydrogens (tertiary/aromatic N) is 3. The first-order valence-corrected chi connectivity index (χ1v) is 6.42. The Labute approximate surface area is 118 Å². The quantitative estimate of drug-likeness (QED) is 0.762. The Morgan fingerprint density at radius 2 is 1.79 bits per heavy atom. The Balaban J connectivity index is 2.17. The molecule has 2 heterocycles. The molecule has 0 amide bonds. The molecule has 2 aromatic heterocycles. The van der Waals surface area contributed by atoms with Crippen LogP contribution >= 0.6 is 15.9 Å². The first kappa shape index (κ1) is 11.9. The van der Waals surface area contributed by atoms with E-state index in [2.05, 4.69) is 36.3 Å². The second-order valence-corrected chi connectivity index (χ2v) is 4.91. The summed E-state index contributed by atoms with van der Waals surface area (Å²) >= 11 is 3.42. The fourth-order valence-electron chi connectivity index (χ4n) is 1.91. The van der Waals surface area contributed by atoms with Gasteiger partial charge >= 0.3 is 0 Å². The van der Waals surface area contributed by atoms with Crippen molar-refractivity contribution in [1.29, 1.82) is 0 Å². The number of aromatic nitrogens is 4. The van der Waals surface area contributed by atoms with Crippen molar-refractivity contribution in [3.8, 4) is 22.4 Å². The molecule has 3 aromatic rings. The molecular weight excluding hydrogens is 306 g/mol. The van der Waals surface area contributed by atoms with E-state index < -0.39 is 0 Å². The van der Waals surface area contributed by atoms with Crippen LogP contribution in [0, 0.1) is 0 Å². The van der Waals surface area contributed by atoms with E-state index in [4.69, 9.17) is 5.73 Å². The summed E-state index contributed by atoms with van der Waals surface area (Å²) < 4.78 is 1.02. The van der Waals surface area contributed by atoms with E-state index >= 15 is 0 Å². The van der Waals surface area contributed by atoms with Gasteiger partial charge in [0.1, 0.15) is 0 Å². The average molecular weight is 316 g/mol. The summed E-state index contributed by atoms with van der Waals surface area (Å²) in [5.74, 6) is 0.467. The number of anilines is 1. The van der Waals surface area contributed by atoms with Gasteiger partial charge in [-0.2, -0.15) is 15.3 Å². The highest BCUT2D eigenvalue weighted by Crippen LogP contribution is 2.34. The molecule has 0 spiro atoms. The monoisotopic (exact) mass is 315 g/mol. The van der Waals surface area contributed by atoms with E-state index in [9.17, 15) is 0 Å². The number of benzene rings is 1. The molecule has 0 aliphatic carbocycles. The van der Waals surface area contributed by atoms with Crippen LogP contribution in [0.3, 0.4) is 0 Å². The molecule has 0 saturated carbocycles. The molecule has 3 N–H and O–H groups in total. The fraction of sp³-hybridized carbons (Fsp3) is 0. The van der Waals surface area contributed by atoms with Crippen molar-refractivity contribution in [3.63, 3.8) is 0 Å². The molecule has 3 rings (SSSR count). The van der Waals surface area contributed by atoms with Crippen molar-refractivity contribution in [3.05, 3.63) is 47.2 Å². The van der Waals surface area contributed by atoms with Gasteiger partial charge in [0.15, 0.2) is 5.82 Å². The number of hydrogen-bond donors (Lipinski definition) is 2. The smallest absolute Gasteiger partial charge is 0.153 e. The maximum absolute atomic E-state index is 5.96. The maximum Gasteiger partial charge on any atom is 0.153 e. The average Bonchev–Trinajstić information content (AvgIpc) is 2.83. The van der Waals surface area contributed by atoms with Crippen LogP contribution < -0.4 is 5.73 Å². The number of aromatic amines is 1. The van der Waals surface area contributed by atoms with E-state index in [1.54, 1.807) is 12.4 Å². The zero-order valence-corrected chi connectivity index (χ0v) is 11.4. The molecule has 0 fully saturated rings. The lowest BCUT2D eigenvalue weighted by molar-refractivity contribution is 1.03. The molecule has 6 heteroatoms. The Morgan fingerprint density at radius 1 is 1.00 bits per heavy atom. The van der Waals surface area contributed by atoms with Crippen molar-refractivity contribution in [2.45, 2.75) is 0 Å². The van der Waals surface area contributed by atoms with Gasteiger partial charge in [-0.25, -0.2) is 0 Å². The van der Waals surface area contributed by atoms with E-state index in [1.165, 1.54) is 0 Å². The minimum atomic E-state index is 0.467. The minimum absolute atomic E-state index is 0.467. The number of nitrogens with two attached hydrogens (primary N) is 1. The van der Waals surface area contributed by atoms with Crippen LogP contribution in [0.4, 0.5) is 5.82 Å². The van der Waals surface area contributed by atoms with E-state index in [0.717, 1.165) is 26.9 Å². The van der Waals surface area contributed by atoms with Gasteiger partial charge in [-0.15, -0.1) is 0 Å². The number of halogens is 1. The Kier molecular flexibility index (Phi) is 3.00. The van der Waals surface area contributed by atoms with Gasteiger partial charge in [-0.3, -0.25) is 5.10 Å². The largest absolute Gasteiger partial charge is 0.382 e. The summed E-state index contributed by atoms with van der Waals surface area (Å²) in [6.07, 6.45) is 3.31. The third kappa shape index (κ3) is 2.22. The fourth-order valence-corrected chi connectivity index (χ4v) is 2.18. The highest BCUT2D eigenvalue weighted by atomic mass is 79.9. The van der Waals surface area contributed by atoms with Gasteiger partial charge in [0.2, 0.25) is 0 Å². The number of H-pyrrole nitrogens is 1. The lowest BCUT2D eigenvalue weighted by Gasteiger charge is -2.04. The summed E-state index contributed by atoms with van der Waals surface area (Å²) in [7, 11) is 0. The predicted molar refractivity (Wildman–Crippen MR) is 77.2 cm³/mol. The van der Waals surface area contributed by atoms with Gasteiger partial charge in [0, 0.05) is 10.0 Å². The number of nitrogens with one attached hydrogen (secondary N) is 1.